The smallest absolute Gasteiger partial charge is 0.339 e. The summed E-state index contributed by atoms with van der Waals surface area (Å²) in [7, 11) is 0. The van der Waals surface area contributed by atoms with Crippen LogP contribution in [0.2, 0.25) is 0 Å². The Balaban J connectivity index is 1.96. The molecular weight excluding hydrogens is 340 g/mol. The molecule has 2 heterocycles. The van der Waals surface area contributed by atoms with E-state index in [1.165, 1.54) is 6.20 Å². The van der Waals surface area contributed by atoms with Crippen LogP contribution in [0.4, 0.5) is 0 Å². The molecule has 0 bridgehead atoms. The fourth-order valence-electron chi connectivity index (χ4n) is 2.97. The van der Waals surface area contributed by atoms with E-state index in [1.54, 1.807) is 6.08 Å². The minimum atomic E-state index is -1.01. The second-order valence-electron chi connectivity index (χ2n) is 6.65. The number of nitrogens with zero attached hydrogens (tertiary/aromatic N) is 4. The van der Waals surface area contributed by atoms with Gasteiger partial charge in [0.2, 0.25) is 0 Å². The van der Waals surface area contributed by atoms with E-state index in [9.17, 15) is 9.90 Å². The maximum Gasteiger partial charge on any atom is 0.339 e. The van der Waals surface area contributed by atoms with Crippen molar-refractivity contribution >= 4 is 18.1 Å². The molecule has 0 unspecified atom stereocenters. The van der Waals surface area contributed by atoms with E-state index in [4.69, 9.17) is 0 Å². The highest BCUT2D eigenvalue weighted by Gasteiger charge is 2.16. The zero-order valence-corrected chi connectivity index (χ0v) is 15.8. The maximum absolute atomic E-state index is 11.3. The van der Waals surface area contributed by atoms with Gasteiger partial charge in [-0.25, -0.2) is 19.4 Å². The van der Waals surface area contributed by atoms with Crippen molar-refractivity contribution in [3.05, 3.63) is 70.6 Å². The standard InChI is InChI=1S/C21H22N4O2/c1-13(2)20-18(21(26)27)12-22-19(23-20)11-10-17-14(3)24-25(15(17)4)16-8-6-5-7-9-16/h5-13H,1-4H3,(H,26,27). The summed E-state index contributed by atoms with van der Waals surface area (Å²) in [5.41, 5.74) is 4.59. The van der Waals surface area contributed by atoms with E-state index in [2.05, 4.69) is 15.1 Å². The molecule has 0 aliphatic carbocycles. The van der Waals surface area contributed by atoms with Crippen LogP contribution in [0.3, 0.4) is 0 Å². The molecule has 0 radical (unpaired) electrons. The molecule has 138 valence electrons. The van der Waals surface area contributed by atoms with Crippen molar-refractivity contribution in [2.45, 2.75) is 33.6 Å². The minimum Gasteiger partial charge on any atom is -0.478 e. The van der Waals surface area contributed by atoms with Gasteiger partial charge < -0.3 is 5.11 Å². The van der Waals surface area contributed by atoms with Crippen LogP contribution in [-0.2, 0) is 0 Å². The van der Waals surface area contributed by atoms with Gasteiger partial charge >= 0.3 is 5.97 Å². The summed E-state index contributed by atoms with van der Waals surface area (Å²) in [5.74, 6) is -0.532. The minimum absolute atomic E-state index is 0.00412. The quantitative estimate of drug-likeness (QED) is 0.733. The molecule has 0 amide bonds. The lowest BCUT2D eigenvalue weighted by molar-refractivity contribution is 0.0694. The lowest BCUT2D eigenvalue weighted by atomic mass is 10.1. The van der Waals surface area contributed by atoms with Crippen LogP contribution in [0.1, 0.15) is 58.6 Å². The number of aromatic nitrogens is 4. The number of carboxylic acid groups (broad SMARTS) is 1. The Morgan fingerprint density at radius 1 is 1.15 bits per heavy atom. The largest absolute Gasteiger partial charge is 0.478 e. The first-order valence-corrected chi connectivity index (χ1v) is 8.78. The summed E-state index contributed by atoms with van der Waals surface area (Å²) in [5, 5.41) is 13.9. The van der Waals surface area contributed by atoms with Gasteiger partial charge in [-0.3, -0.25) is 0 Å². The second kappa shape index (κ2) is 7.53. The molecule has 0 atom stereocenters. The zero-order chi connectivity index (χ0) is 19.6. The molecular formula is C21H22N4O2. The van der Waals surface area contributed by atoms with Gasteiger partial charge in [0.25, 0.3) is 0 Å². The monoisotopic (exact) mass is 362 g/mol. The van der Waals surface area contributed by atoms with Crippen molar-refractivity contribution in [3.63, 3.8) is 0 Å². The van der Waals surface area contributed by atoms with Crippen LogP contribution in [0.5, 0.6) is 0 Å². The van der Waals surface area contributed by atoms with Crippen molar-refractivity contribution in [1.82, 2.24) is 19.7 Å². The van der Waals surface area contributed by atoms with Crippen LogP contribution < -0.4 is 0 Å². The Morgan fingerprint density at radius 2 is 1.85 bits per heavy atom. The first-order chi connectivity index (χ1) is 12.9. The van der Waals surface area contributed by atoms with E-state index in [1.807, 2.05) is 68.8 Å². The number of aromatic carboxylic acids is 1. The number of benzene rings is 1. The predicted octanol–water partition coefficient (Wildman–Crippen LogP) is 4.27. The molecule has 0 fully saturated rings. The van der Waals surface area contributed by atoms with Gasteiger partial charge in [0.05, 0.1) is 22.6 Å². The Bertz CT molecular complexity index is 1000. The number of aryl methyl sites for hydroxylation is 1. The Hall–Kier alpha value is -3.28. The molecule has 1 N–H and O–H groups in total. The third-order valence-corrected chi connectivity index (χ3v) is 4.36. The van der Waals surface area contributed by atoms with E-state index in [0.29, 0.717) is 11.5 Å². The molecule has 3 rings (SSSR count). The normalized spacial score (nSPS) is 11.4. The van der Waals surface area contributed by atoms with E-state index in [-0.39, 0.29) is 11.5 Å². The molecule has 27 heavy (non-hydrogen) atoms. The lowest BCUT2D eigenvalue weighted by Gasteiger charge is -2.08. The first-order valence-electron chi connectivity index (χ1n) is 8.78. The summed E-state index contributed by atoms with van der Waals surface area (Å²) in [6.45, 7) is 7.81. The van der Waals surface area contributed by atoms with Crippen LogP contribution in [0.15, 0.2) is 36.5 Å². The molecule has 3 aromatic rings. The summed E-state index contributed by atoms with van der Waals surface area (Å²) >= 11 is 0. The van der Waals surface area contributed by atoms with Gasteiger partial charge in [-0.05, 0) is 44.1 Å². The number of para-hydroxylation sites is 1. The van der Waals surface area contributed by atoms with E-state index < -0.39 is 5.97 Å². The van der Waals surface area contributed by atoms with Crippen molar-refractivity contribution in [1.29, 1.82) is 0 Å². The fourth-order valence-corrected chi connectivity index (χ4v) is 2.97. The average Bonchev–Trinajstić information content (AvgIpc) is 2.94. The van der Waals surface area contributed by atoms with Crippen LogP contribution in [0.25, 0.3) is 17.8 Å². The molecule has 0 spiro atoms. The van der Waals surface area contributed by atoms with Gasteiger partial charge in [0.1, 0.15) is 0 Å². The second-order valence-corrected chi connectivity index (χ2v) is 6.65. The fraction of sp³-hybridized carbons (Fsp3) is 0.238. The molecule has 0 saturated heterocycles. The number of carbonyl (C=O) groups is 1. The van der Waals surface area contributed by atoms with Crippen molar-refractivity contribution < 1.29 is 9.90 Å². The predicted molar refractivity (Wildman–Crippen MR) is 105 cm³/mol. The number of carboxylic acids is 1. The highest BCUT2D eigenvalue weighted by atomic mass is 16.4. The van der Waals surface area contributed by atoms with E-state index in [0.717, 1.165) is 22.6 Å². The van der Waals surface area contributed by atoms with Crippen molar-refractivity contribution in [2.24, 2.45) is 0 Å². The van der Waals surface area contributed by atoms with Gasteiger partial charge in [-0.1, -0.05) is 32.0 Å². The van der Waals surface area contributed by atoms with Gasteiger partial charge in [-0.15, -0.1) is 0 Å². The topological polar surface area (TPSA) is 80.9 Å². The Kier molecular flexibility index (Phi) is 5.16. The summed E-state index contributed by atoms with van der Waals surface area (Å²) < 4.78 is 1.91. The molecule has 6 heteroatoms. The summed E-state index contributed by atoms with van der Waals surface area (Å²) in [4.78, 5) is 19.9. The third-order valence-electron chi connectivity index (χ3n) is 4.36. The Morgan fingerprint density at radius 3 is 2.48 bits per heavy atom. The third kappa shape index (κ3) is 3.79. The average molecular weight is 362 g/mol. The van der Waals surface area contributed by atoms with Gasteiger partial charge in [0, 0.05) is 17.5 Å². The molecule has 2 aromatic heterocycles. The molecule has 0 saturated carbocycles. The molecule has 1 aromatic carbocycles. The number of rotatable bonds is 5. The SMILES string of the molecule is Cc1nn(-c2ccccc2)c(C)c1C=Cc1ncc(C(=O)O)c(C(C)C)n1. The van der Waals surface area contributed by atoms with Crippen molar-refractivity contribution in [2.75, 3.05) is 0 Å². The summed E-state index contributed by atoms with van der Waals surface area (Å²) in [6, 6.07) is 9.95. The van der Waals surface area contributed by atoms with Crippen LogP contribution in [-0.4, -0.2) is 30.8 Å². The maximum atomic E-state index is 11.3. The molecule has 6 nitrogen and oxygen atoms in total. The van der Waals surface area contributed by atoms with Gasteiger partial charge in [0.15, 0.2) is 5.82 Å². The first kappa shape index (κ1) is 18.5. The van der Waals surface area contributed by atoms with Crippen molar-refractivity contribution in [3.8, 4) is 5.69 Å². The highest BCUT2D eigenvalue weighted by Crippen LogP contribution is 2.21. The molecule has 0 aliphatic rings. The number of hydrogen-bond donors (Lipinski definition) is 1. The Labute approximate surface area is 158 Å². The van der Waals surface area contributed by atoms with Gasteiger partial charge in [-0.2, -0.15) is 5.10 Å². The van der Waals surface area contributed by atoms with Crippen LogP contribution in [0, 0.1) is 13.8 Å². The number of hydrogen-bond acceptors (Lipinski definition) is 4. The van der Waals surface area contributed by atoms with E-state index >= 15 is 0 Å². The zero-order valence-electron chi connectivity index (χ0n) is 15.8. The van der Waals surface area contributed by atoms with Crippen LogP contribution >= 0.6 is 0 Å². The highest BCUT2D eigenvalue weighted by molar-refractivity contribution is 5.88. The lowest BCUT2D eigenvalue weighted by Crippen LogP contribution is -2.08. The summed E-state index contributed by atoms with van der Waals surface area (Å²) in [6.07, 6.45) is 5.10. The molecule has 0 aliphatic heterocycles.